The highest BCUT2D eigenvalue weighted by molar-refractivity contribution is 6.27. The SMILES string of the molecule is CCCCCCCC(=O)NC(CN1CCCC1)C(=O)c1ccc2c(c1)OCCO2.O=C(O)C(=O)O. The van der Waals surface area contributed by atoms with Gasteiger partial charge in [-0.15, -0.1) is 0 Å². The number of hydrogen-bond donors (Lipinski definition) is 3. The number of ketones is 1. The first-order chi connectivity index (χ1) is 16.8. The molecular weight excluding hydrogens is 456 g/mol. The number of nitrogens with one attached hydrogen (secondary N) is 1. The van der Waals surface area contributed by atoms with Gasteiger partial charge in [-0.05, 0) is 50.6 Å². The minimum atomic E-state index is -1.82. The van der Waals surface area contributed by atoms with Crippen molar-refractivity contribution in [2.24, 2.45) is 0 Å². The molecule has 1 unspecified atom stereocenters. The number of Topliss-reactive ketones (excluding diaryl/α,β-unsaturated/α-hetero) is 1. The molecule has 0 bridgehead atoms. The minimum Gasteiger partial charge on any atom is -0.486 e. The van der Waals surface area contributed by atoms with Crippen molar-refractivity contribution in [3.63, 3.8) is 0 Å². The maximum atomic E-state index is 13.2. The fourth-order valence-corrected chi connectivity index (χ4v) is 3.97. The number of likely N-dealkylation sites (tertiary alicyclic amines) is 1. The number of nitrogens with zero attached hydrogens (tertiary/aromatic N) is 1. The number of carboxylic acid groups (broad SMARTS) is 2. The second-order valence-corrected chi connectivity index (χ2v) is 8.63. The van der Waals surface area contributed by atoms with E-state index in [1.807, 2.05) is 0 Å². The molecule has 1 aromatic carbocycles. The predicted octanol–water partition coefficient (Wildman–Crippen LogP) is 2.74. The smallest absolute Gasteiger partial charge is 0.414 e. The van der Waals surface area contributed by atoms with Gasteiger partial charge < -0.3 is 29.9 Å². The Labute approximate surface area is 205 Å². The molecule has 2 aliphatic heterocycles. The molecule has 194 valence electrons. The quantitative estimate of drug-likeness (QED) is 0.241. The number of carboxylic acids is 2. The molecule has 0 saturated carbocycles. The monoisotopic (exact) mass is 492 g/mol. The summed E-state index contributed by atoms with van der Waals surface area (Å²) in [5, 5.41) is 17.8. The van der Waals surface area contributed by atoms with Crippen molar-refractivity contribution in [3.05, 3.63) is 23.8 Å². The van der Waals surface area contributed by atoms with Crippen LogP contribution in [0.5, 0.6) is 11.5 Å². The summed E-state index contributed by atoms with van der Waals surface area (Å²) in [6, 6.07) is 4.76. The lowest BCUT2D eigenvalue weighted by molar-refractivity contribution is -0.159. The number of unbranched alkanes of at least 4 members (excludes halogenated alkanes) is 4. The van der Waals surface area contributed by atoms with E-state index in [9.17, 15) is 9.59 Å². The van der Waals surface area contributed by atoms with Gasteiger partial charge in [-0.2, -0.15) is 0 Å². The summed E-state index contributed by atoms with van der Waals surface area (Å²) >= 11 is 0. The van der Waals surface area contributed by atoms with Crippen LogP contribution < -0.4 is 14.8 Å². The fourth-order valence-electron chi connectivity index (χ4n) is 3.97. The van der Waals surface area contributed by atoms with Crippen LogP contribution in [0.1, 0.15) is 68.6 Å². The second kappa shape index (κ2) is 15.0. The third kappa shape index (κ3) is 9.94. The molecule has 2 heterocycles. The number of ether oxygens (including phenoxy) is 2. The van der Waals surface area contributed by atoms with Gasteiger partial charge in [0.2, 0.25) is 5.91 Å². The van der Waals surface area contributed by atoms with E-state index >= 15 is 0 Å². The molecule has 1 amide bonds. The van der Waals surface area contributed by atoms with Gasteiger partial charge >= 0.3 is 11.9 Å². The van der Waals surface area contributed by atoms with Gasteiger partial charge in [0.25, 0.3) is 0 Å². The van der Waals surface area contributed by atoms with E-state index in [4.69, 9.17) is 29.3 Å². The number of carbonyl (C=O) groups is 4. The largest absolute Gasteiger partial charge is 0.486 e. The zero-order valence-corrected chi connectivity index (χ0v) is 20.3. The molecule has 3 N–H and O–H groups in total. The number of hydrogen-bond acceptors (Lipinski definition) is 7. The molecule has 1 fully saturated rings. The second-order valence-electron chi connectivity index (χ2n) is 8.63. The molecule has 0 aromatic heterocycles. The van der Waals surface area contributed by atoms with Crippen molar-refractivity contribution in [2.75, 3.05) is 32.8 Å². The van der Waals surface area contributed by atoms with Gasteiger partial charge in [0.15, 0.2) is 17.3 Å². The summed E-state index contributed by atoms with van der Waals surface area (Å²) in [6.45, 7) is 5.71. The molecule has 2 aliphatic rings. The molecule has 0 radical (unpaired) electrons. The van der Waals surface area contributed by atoms with Crippen LogP contribution in [0.2, 0.25) is 0 Å². The number of aliphatic carboxylic acids is 2. The lowest BCUT2D eigenvalue weighted by Crippen LogP contribution is -2.48. The van der Waals surface area contributed by atoms with Crippen LogP contribution in [0.15, 0.2) is 18.2 Å². The van der Waals surface area contributed by atoms with Crippen molar-refractivity contribution in [3.8, 4) is 11.5 Å². The summed E-state index contributed by atoms with van der Waals surface area (Å²) in [5.41, 5.74) is 0.557. The molecule has 35 heavy (non-hydrogen) atoms. The zero-order chi connectivity index (χ0) is 25.6. The first-order valence-corrected chi connectivity index (χ1v) is 12.2. The van der Waals surface area contributed by atoms with Crippen LogP contribution >= 0.6 is 0 Å². The summed E-state index contributed by atoms with van der Waals surface area (Å²) < 4.78 is 11.2. The van der Waals surface area contributed by atoms with Crippen molar-refractivity contribution in [1.82, 2.24) is 10.2 Å². The van der Waals surface area contributed by atoms with Gasteiger partial charge in [0, 0.05) is 18.5 Å². The van der Waals surface area contributed by atoms with Gasteiger partial charge in [-0.25, -0.2) is 9.59 Å². The van der Waals surface area contributed by atoms with Crippen LogP contribution in [0.3, 0.4) is 0 Å². The number of benzene rings is 1. The fraction of sp³-hybridized carbons (Fsp3) is 0.600. The maximum Gasteiger partial charge on any atom is 0.414 e. The number of fused-ring (bicyclic) bond motifs is 1. The summed E-state index contributed by atoms with van der Waals surface area (Å²) in [6.07, 6.45) is 8.28. The van der Waals surface area contributed by atoms with Gasteiger partial charge in [0.1, 0.15) is 19.3 Å². The normalized spacial score (nSPS) is 15.5. The molecule has 10 nitrogen and oxygen atoms in total. The Hall–Kier alpha value is -3.14. The van der Waals surface area contributed by atoms with Crippen LogP contribution in [0.4, 0.5) is 0 Å². The van der Waals surface area contributed by atoms with Crippen LogP contribution in [-0.4, -0.2) is 77.6 Å². The number of amides is 1. The molecule has 0 aliphatic carbocycles. The van der Waals surface area contributed by atoms with Crippen LogP contribution in [0.25, 0.3) is 0 Å². The Morgan fingerprint density at radius 2 is 1.57 bits per heavy atom. The van der Waals surface area contributed by atoms with Gasteiger partial charge in [0.05, 0.1) is 0 Å². The third-order valence-corrected chi connectivity index (χ3v) is 5.81. The highest BCUT2D eigenvalue weighted by Gasteiger charge is 2.27. The van der Waals surface area contributed by atoms with Crippen LogP contribution in [0, 0.1) is 0 Å². The van der Waals surface area contributed by atoms with E-state index in [0.717, 1.165) is 45.2 Å². The average molecular weight is 493 g/mol. The van der Waals surface area contributed by atoms with Crippen molar-refractivity contribution < 1.29 is 38.9 Å². The average Bonchev–Trinajstić information content (AvgIpc) is 3.36. The summed E-state index contributed by atoms with van der Waals surface area (Å²) in [5.74, 6) is -2.47. The topological polar surface area (TPSA) is 142 Å². The van der Waals surface area contributed by atoms with E-state index in [1.54, 1.807) is 18.2 Å². The lowest BCUT2D eigenvalue weighted by atomic mass is 10.0. The minimum absolute atomic E-state index is 0.0309. The Morgan fingerprint density at radius 1 is 0.943 bits per heavy atom. The Balaban J connectivity index is 0.000000641. The van der Waals surface area contributed by atoms with Crippen molar-refractivity contribution in [1.29, 1.82) is 0 Å². The third-order valence-electron chi connectivity index (χ3n) is 5.81. The molecule has 1 saturated heterocycles. The molecule has 1 aromatic rings. The van der Waals surface area contributed by atoms with E-state index in [0.29, 0.717) is 43.2 Å². The molecule has 3 rings (SSSR count). The first kappa shape index (κ1) is 28.1. The lowest BCUT2D eigenvalue weighted by Gasteiger charge is -2.24. The first-order valence-electron chi connectivity index (χ1n) is 12.2. The Bertz CT molecular complexity index is 855. The van der Waals surface area contributed by atoms with Gasteiger partial charge in [-0.3, -0.25) is 9.59 Å². The summed E-state index contributed by atoms with van der Waals surface area (Å²) in [4.78, 5) is 46.2. The maximum absolute atomic E-state index is 13.2. The summed E-state index contributed by atoms with van der Waals surface area (Å²) in [7, 11) is 0. The highest BCUT2D eigenvalue weighted by atomic mass is 16.6. The molecular formula is C25H36N2O8. The van der Waals surface area contributed by atoms with Crippen molar-refractivity contribution >= 4 is 23.6 Å². The van der Waals surface area contributed by atoms with Crippen molar-refractivity contribution in [2.45, 2.75) is 64.3 Å². The van der Waals surface area contributed by atoms with Crippen LogP contribution in [-0.2, 0) is 14.4 Å². The molecule has 1 atom stereocenters. The van der Waals surface area contributed by atoms with E-state index < -0.39 is 18.0 Å². The molecule has 0 spiro atoms. The van der Waals surface area contributed by atoms with Gasteiger partial charge in [-0.1, -0.05) is 32.6 Å². The highest BCUT2D eigenvalue weighted by Crippen LogP contribution is 2.31. The number of rotatable bonds is 11. The van der Waals surface area contributed by atoms with E-state index in [2.05, 4.69) is 17.1 Å². The standard InChI is InChI=1S/C23H34N2O4.C2H2O4/c1-2-3-4-5-6-9-22(26)24-19(17-25-12-7-8-13-25)23(27)18-10-11-20-21(16-18)29-15-14-28-20;3-1(4)2(5)6/h10-11,16,19H,2-9,12-15,17H2,1H3,(H,24,26);(H,3,4)(H,5,6). The Morgan fingerprint density at radius 3 is 2.20 bits per heavy atom. The Kier molecular flexibility index (Phi) is 12.0. The van der Waals surface area contributed by atoms with E-state index in [-0.39, 0.29) is 11.7 Å². The molecule has 10 heteroatoms. The zero-order valence-electron chi connectivity index (χ0n) is 20.3. The number of carbonyl (C=O) groups excluding carboxylic acids is 2. The predicted molar refractivity (Wildman–Crippen MR) is 128 cm³/mol. The van der Waals surface area contributed by atoms with E-state index in [1.165, 1.54) is 12.8 Å².